The lowest BCUT2D eigenvalue weighted by atomic mass is 9.94. The fraction of sp³-hybridized carbons (Fsp3) is 0.524. The van der Waals surface area contributed by atoms with E-state index in [1.54, 1.807) is 0 Å². The third-order valence-electron chi connectivity index (χ3n) is 5.46. The molecule has 0 bridgehead atoms. The Morgan fingerprint density at radius 2 is 1.94 bits per heavy atom. The average molecular weight is 451 g/mol. The molecule has 9 nitrogen and oxygen atoms in total. The van der Waals surface area contributed by atoms with Crippen LogP contribution in [0.1, 0.15) is 55.8 Å². The largest absolute Gasteiger partial charge is 0.392 e. The maximum atomic E-state index is 12.8. The predicted molar refractivity (Wildman–Crippen MR) is 116 cm³/mol. The molecule has 1 heterocycles. The molecule has 1 unspecified atom stereocenters. The van der Waals surface area contributed by atoms with E-state index < -0.39 is 28.9 Å². The summed E-state index contributed by atoms with van der Waals surface area (Å²) in [5.74, 6) is -0.477. The average Bonchev–Trinajstić information content (AvgIpc) is 2.95. The molecule has 168 valence electrons. The van der Waals surface area contributed by atoms with Crippen molar-refractivity contribution in [1.82, 2.24) is 19.7 Å². The Hall–Kier alpha value is -2.49. The summed E-state index contributed by atoms with van der Waals surface area (Å²) in [7, 11) is 0. The van der Waals surface area contributed by atoms with Crippen molar-refractivity contribution in [2.75, 3.05) is 6.54 Å². The zero-order chi connectivity index (χ0) is 22.6. The van der Waals surface area contributed by atoms with Crippen molar-refractivity contribution in [3.8, 4) is 5.69 Å². The molecule has 1 aromatic carbocycles. The number of carbonyl (C=O) groups is 1. The molecule has 1 aromatic heterocycles. The Morgan fingerprint density at radius 3 is 2.58 bits per heavy atom. The fourth-order valence-corrected chi connectivity index (χ4v) is 3.97. The molecule has 1 saturated carbocycles. The monoisotopic (exact) mass is 450 g/mol. The van der Waals surface area contributed by atoms with Crippen LogP contribution in [0.2, 0.25) is 5.02 Å². The summed E-state index contributed by atoms with van der Waals surface area (Å²) < 4.78 is 1.84. The van der Waals surface area contributed by atoms with Crippen molar-refractivity contribution in [2.24, 2.45) is 0 Å². The number of amides is 1. The molecule has 31 heavy (non-hydrogen) atoms. The lowest BCUT2D eigenvalue weighted by Gasteiger charge is -2.26. The number of nitrogens with zero attached hydrogens (tertiary/aromatic N) is 3. The minimum Gasteiger partial charge on any atom is -0.392 e. The van der Waals surface area contributed by atoms with Gasteiger partial charge in [0.1, 0.15) is 6.20 Å². The predicted octanol–water partition coefficient (Wildman–Crippen LogP) is 1.24. The van der Waals surface area contributed by atoms with Crippen LogP contribution >= 0.6 is 11.6 Å². The minimum atomic E-state index is -0.939. The van der Waals surface area contributed by atoms with Gasteiger partial charge in [-0.15, -0.1) is 0 Å². The Bertz CT molecular complexity index is 1050. The zero-order valence-electron chi connectivity index (χ0n) is 17.4. The first kappa shape index (κ1) is 23.2. The summed E-state index contributed by atoms with van der Waals surface area (Å²) >= 11 is 6.21. The van der Waals surface area contributed by atoms with Crippen LogP contribution in [0.5, 0.6) is 0 Å². The van der Waals surface area contributed by atoms with Crippen LogP contribution in [-0.2, 0) is 6.54 Å². The van der Waals surface area contributed by atoms with E-state index >= 15 is 0 Å². The number of nitrogens with one attached hydrogen (secondary N) is 1. The summed E-state index contributed by atoms with van der Waals surface area (Å²) in [5, 5.41) is 27.1. The summed E-state index contributed by atoms with van der Waals surface area (Å²) in [6.07, 6.45) is 5.31. The van der Waals surface area contributed by atoms with Gasteiger partial charge >= 0.3 is 5.69 Å². The number of aromatic nitrogens is 3. The molecule has 3 rings (SSSR count). The highest BCUT2D eigenvalue weighted by atomic mass is 35.5. The molecule has 0 spiro atoms. The topological polar surface area (TPSA) is 126 Å². The van der Waals surface area contributed by atoms with E-state index in [4.69, 9.17) is 11.6 Å². The lowest BCUT2D eigenvalue weighted by molar-refractivity contribution is 0.0246. The van der Waals surface area contributed by atoms with Gasteiger partial charge in [-0.3, -0.25) is 14.2 Å². The zero-order valence-corrected chi connectivity index (χ0v) is 18.1. The van der Waals surface area contributed by atoms with Crippen molar-refractivity contribution in [3.05, 3.63) is 55.8 Å². The Morgan fingerprint density at radius 1 is 1.26 bits per heavy atom. The molecule has 1 atom stereocenters. The van der Waals surface area contributed by atoms with Crippen LogP contribution in [0.15, 0.2) is 34.0 Å². The Balaban J connectivity index is 1.86. The maximum absolute atomic E-state index is 12.8. The van der Waals surface area contributed by atoms with Crippen LogP contribution in [-0.4, -0.2) is 48.7 Å². The van der Waals surface area contributed by atoms with E-state index in [1.165, 1.54) is 25.1 Å². The van der Waals surface area contributed by atoms with Crippen molar-refractivity contribution >= 4 is 17.5 Å². The van der Waals surface area contributed by atoms with Crippen molar-refractivity contribution < 1.29 is 15.0 Å². The third-order valence-corrected chi connectivity index (χ3v) is 5.79. The quantitative estimate of drug-likeness (QED) is 0.568. The number of hydrogen-bond donors (Lipinski definition) is 3. The number of hydrogen-bond acceptors (Lipinski definition) is 6. The molecule has 0 radical (unpaired) electrons. The number of carbonyl (C=O) groups excluding carboxylic acids is 1. The highest BCUT2D eigenvalue weighted by Gasteiger charge is 2.28. The van der Waals surface area contributed by atoms with Gasteiger partial charge < -0.3 is 15.5 Å². The molecular formula is C21H27ClN4O5. The number of benzene rings is 1. The van der Waals surface area contributed by atoms with Gasteiger partial charge in [0.2, 0.25) is 0 Å². The molecule has 0 aliphatic heterocycles. The molecule has 0 saturated heterocycles. The second-order valence-corrected chi connectivity index (χ2v) is 8.53. The van der Waals surface area contributed by atoms with Crippen LogP contribution in [0.4, 0.5) is 0 Å². The van der Waals surface area contributed by atoms with Gasteiger partial charge in [0.15, 0.2) is 0 Å². The number of rotatable bonds is 6. The van der Waals surface area contributed by atoms with Gasteiger partial charge in [0.05, 0.1) is 34.5 Å². The molecule has 1 amide bonds. The smallest absolute Gasteiger partial charge is 0.352 e. The first-order valence-corrected chi connectivity index (χ1v) is 10.8. The minimum absolute atomic E-state index is 0.115. The SMILES string of the molecule is CC(O)Cn1c(=O)cnn(-c2ccc(Cl)c(C(=O)NCC3(O)CCCCCC3)c2)c1=O. The Kier molecular flexibility index (Phi) is 7.30. The van der Waals surface area contributed by atoms with Crippen LogP contribution < -0.4 is 16.6 Å². The highest BCUT2D eigenvalue weighted by molar-refractivity contribution is 6.33. The molecule has 2 aromatic rings. The van der Waals surface area contributed by atoms with Crippen molar-refractivity contribution in [2.45, 2.75) is 63.7 Å². The van der Waals surface area contributed by atoms with Crippen LogP contribution in [0.25, 0.3) is 5.69 Å². The van der Waals surface area contributed by atoms with Gasteiger partial charge in [-0.05, 0) is 38.0 Å². The molecule has 1 fully saturated rings. The van der Waals surface area contributed by atoms with E-state index in [0.29, 0.717) is 12.8 Å². The number of aliphatic hydroxyl groups is 2. The number of halogens is 1. The summed E-state index contributed by atoms with van der Waals surface area (Å²) in [6, 6.07) is 4.37. The standard InChI is InChI=1S/C21H27ClN4O5/c1-14(27)12-25-18(28)11-24-26(20(25)30)15-6-7-17(22)16(10-15)19(29)23-13-21(31)8-4-2-3-5-9-21/h6-7,10-11,14,27,31H,2-5,8-9,12-13H2,1H3,(H,23,29). The molecule has 10 heteroatoms. The van der Waals surface area contributed by atoms with Gasteiger partial charge in [-0.1, -0.05) is 37.3 Å². The van der Waals surface area contributed by atoms with E-state index in [-0.39, 0.29) is 29.4 Å². The van der Waals surface area contributed by atoms with Gasteiger partial charge in [0.25, 0.3) is 11.5 Å². The van der Waals surface area contributed by atoms with Crippen LogP contribution in [0, 0.1) is 0 Å². The first-order valence-electron chi connectivity index (χ1n) is 10.4. The van der Waals surface area contributed by atoms with E-state index in [2.05, 4.69) is 10.4 Å². The van der Waals surface area contributed by atoms with Crippen molar-refractivity contribution in [1.29, 1.82) is 0 Å². The molecule has 1 aliphatic rings. The van der Waals surface area contributed by atoms with Crippen LogP contribution in [0.3, 0.4) is 0 Å². The van der Waals surface area contributed by atoms with Gasteiger partial charge in [-0.2, -0.15) is 9.78 Å². The summed E-state index contributed by atoms with van der Waals surface area (Å²) in [5.41, 5.74) is -1.95. The highest BCUT2D eigenvalue weighted by Crippen LogP contribution is 2.26. The third kappa shape index (κ3) is 5.61. The maximum Gasteiger partial charge on any atom is 0.352 e. The molecule has 3 N–H and O–H groups in total. The molecule has 1 aliphatic carbocycles. The second kappa shape index (κ2) is 9.76. The first-order chi connectivity index (χ1) is 14.7. The van der Waals surface area contributed by atoms with Crippen molar-refractivity contribution in [3.63, 3.8) is 0 Å². The van der Waals surface area contributed by atoms with Gasteiger partial charge in [-0.25, -0.2) is 4.79 Å². The number of aliphatic hydroxyl groups excluding tert-OH is 1. The fourth-order valence-electron chi connectivity index (χ4n) is 3.77. The second-order valence-electron chi connectivity index (χ2n) is 8.12. The van der Waals surface area contributed by atoms with E-state index in [0.717, 1.165) is 41.1 Å². The van der Waals surface area contributed by atoms with Gasteiger partial charge in [0, 0.05) is 6.54 Å². The lowest BCUT2D eigenvalue weighted by Crippen LogP contribution is -2.43. The Labute approximate surface area is 184 Å². The van der Waals surface area contributed by atoms with E-state index in [9.17, 15) is 24.6 Å². The normalized spacial score (nSPS) is 17.0. The van der Waals surface area contributed by atoms with E-state index in [1.807, 2.05) is 0 Å². The summed E-state index contributed by atoms with van der Waals surface area (Å²) in [4.78, 5) is 37.4. The summed E-state index contributed by atoms with van der Waals surface area (Å²) in [6.45, 7) is 1.40. The molecular weight excluding hydrogens is 424 g/mol.